The molecule has 0 saturated carbocycles. The van der Waals surface area contributed by atoms with Gasteiger partial charge in [0.25, 0.3) is 0 Å². The van der Waals surface area contributed by atoms with Crippen LogP contribution in [0.5, 0.6) is 0 Å². The molecule has 2 nitrogen and oxygen atoms in total. The molecule has 2 heteroatoms. The summed E-state index contributed by atoms with van der Waals surface area (Å²) in [6, 6.07) is 0. The molecular formula is C10H20O2. The number of carbonyl (C=O) groups excluding carboxylic acids is 1. The number of carbonyl (C=O) groups is 1. The van der Waals surface area contributed by atoms with Crippen molar-refractivity contribution in [3.05, 3.63) is 0 Å². The van der Waals surface area contributed by atoms with Crippen LogP contribution in [0.2, 0.25) is 0 Å². The van der Waals surface area contributed by atoms with E-state index in [2.05, 4.69) is 11.7 Å². The number of rotatable bonds is 7. The highest BCUT2D eigenvalue weighted by Crippen LogP contribution is 2.04. The van der Waals surface area contributed by atoms with Crippen LogP contribution < -0.4 is 0 Å². The van der Waals surface area contributed by atoms with Crippen LogP contribution in [-0.2, 0) is 9.53 Å². The fourth-order valence-corrected chi connectivity index (χ4v) is 1.01. The minimum Gasteiger partial charge on any atom is -0.466 e. The summed E-state index contributed by atoms with van der Waals surface area (Å²) in [5.41, 5.74) is 0. The highest BCUT2D eigenvalue weighted by Gasteiger charge is 1.92. The number of esters is 1. The summed E-state index contributed by atoms with van der Waals surface area (Å²) in [5.74, 6) is -0.353. The molecule has 0 rings (SSSR count). The van der Waals surface area contributed by atoms with Crippen molar-refractivity contribution in [1.82, 2.24) is 0 Å². The number of unbranched alkanes of at least 4 members (excludes halogenated alkanes) is 4. The van der Waals surface area contributed by atoms with E-state index in [1.807, 2.05) is 0 Å². The molecule has 0 spiro atoms. The molecule has 0 N–H and O–H groups in total. The van der Waals surface area contributed by atoms with Crippen molar-refractivity contribution in [2.24, 2.45) is 0 Å². The van der Waals surface area contributed by atoms with Gasteiger partial charge < -0.3 is 4.74 Å². The third-order valence-electron chi connectivity index (χ3n) is 1.67. The van der Waals surface area contributed by atoms with Gasteiger partial charge in [0, 0.05) is 6.92 Å². The Balaban J connectivity index is 3.17. The molecule has 0 saturated heterocycles. The monoisotopic (exact) mass is 173 g/mol. The zero-order valence-electron chi connectivity index (χ0n) is 9.14. The van der Waals surface area contributed by atoms with Crippen molar-refractivity contribution in [2.75, 3.05) is 6.58 Å². The minimum absolute atomic E-state index is 0.353. The molecule has 1 atom stereocenters. The Morgan fingerprint density at radius 3 is 2.42 bits per heavy atom. The number of hydrogen-bond acceptors (Lipinski definition) is 2. The van der Waals surface area contributed by atoms with Crippen molar-refractivity contribution in [1.29, 1.82) is 0 Å². The fourth-order valence-electron chi connectivity index (χ4n) is 1.01. The molecule has 0 aliphatic heterocycles. The first-order chi connectivity index (χ1) is 6.16. The van der Waals surface area contributed by atoms with Crippen LogP contribution in [0.15, 0.2) is 0 Å². The SMILES string of the molecule is [2H][C@@H](CCCCCCC)OC(C)=O. The Morgan fingerprint density at radius 1 is 1.25 bits per heavy atom. The van der Waals surface area contributed by atoms with Gasteiger partial charge in [0.05, 0.1) is 7.95 Å². The molecule has 72 valence electrons. The van der Waals surface area contributed by atoms with Crippen LogP contribution in [-0.4, -0.2) is 12.6 Å². The predicted molar refractivity (Wildman–Crippen MR) is 50.0 cm³/mol. The maximum atomic E-state index is 10.4. The molecule has 0 aromatic rings. The second-order valence-corrected chi connectivity index (χ2v) is 2.98. The van der Waals surface area contributed by atoms with Crippen LogP contribution in [0.25, 0.3) is 0 Å². The van der Waals surface area contributed by atoms with Crippen molar-refractivity contribution in [2.45, 2.75) is 52.4 Å². The molecule has 0 unspecified atom stereocenters. The van der Waals surface area contributed by atoms with Gasteiger partial charge in [0.1, 0.15) is 0 Å². The smallest absolute Gasteiger partial charge is 0.302 e. The van der Waals surface area contributed by atoms with Gasteiger partial charge in [0.2, 0.25) is 0 Å². The average Bonchev–Trinajstić information content (AvgIpc) is 2.02. The van der Waals surface area contributed by atoms with E-state index in [0.29, 0.717) is 6.42 Å². The maximum absolute atomic E-state index is 10.4. The number of hydrogen-bond donors (Lipinski definition) is 0. The van der Waals surface area contributed by atoms with Crippen LogP contribution in [0.3, 0.4) is 0 Å². The van der Waals surface area contributed by atoms with Crippen molar-refractivity contribution >= 4 is 5.97 Å². The summed E-state index contributed by atoms with van der Waals surface area (Å²) in [4.78, 5) is 10.4. The molecular weight excluding hydrogens is 152 g/mol. The standard InChI is InChI=1S/C10H20O2/c1-3-4-5-6-7-8-9-12-10(2)11/h3-9H2,1-2H3/i9D/t9-/m0/s1. The highest BCUT2D eigenvalue weighted by atomic mass is 16.5. The summed E-state index contributed by atoms with van der Waals surface area (Å²) in [6.45, 7) is 2.87. The Hall–Kier alpha value is -0.530. The summed E-state index contributed by atoms with van der Waals surface area (Å²) in [6.07, 6.45) is 6.52. The van der Waals surface area contributed by atoms with E-state index < -0.39 is 6.58 Å². The van der Waals surface area contributed by atoms with Gasteiger partial charge in [-0.3, -0.25) is 4.79 Å². The lowest BCUT2D eigenvalue weighted by Gasteiger charge is -2.01. The highest BCUT2D eigenvalue weighted by molar-refractivity contribution is 5.65. The van der Waals surface area contributed by atoms with Crippen molar-refractivity contribution in [3.8, 4) is 0 Å². The van der Waals surface area contributed by atoms with Crippen molar-refractivity contribution in [3.63, 3.8) is 0 Å². The maximum Gasteiger partial charge on any atom is 0.302 e. The molecule has 0 bridgehead atoms. The topological polar surface area (TPSA) is 26.3 Å². The predicted octanol–water partition coefficient (Wildman–Crippen LogP) is 2.91. The molecule has 0 heterocycles. The Labute approximate surface area is 76.7 Å². The summed E-state index contributed by atoms with van der Waals surface area (Å²) < 4.78 is 12.0. The van der Waals surface area contributed by atoms with Gasteiger partial charge in [-0.25, -0.2) is 0 Å². The largest absolute Gasteiger partial charge is 0.466 e. The fraction of sp³-hybridized carbons (Fsp3) is 0.900. The third kappa shape index (κ3) is 9.47. The minimum atomic E-state index is -0.654. The van der Waals surface area contributed by atoms with Crippen LogP contribution in [0.4, 0.5) is 0 Å². The molecule has 0 fully saturated rings. The van der Waals surface area contributed by atoms with E-state index in [1.165, 1.54) is 26.2 Å². The van der Waals surface area contributed by atoms with Gasteiger partial charge in [-0.2, -0.15) is 0 Å². The molecule has 0 aromatic heterocycles. The van der Waals surface area contributed by atoms with Crippen LogP contribution in [0, 0.1) is 0 Å². The van der Waals surface area contributed by atoms with Crippen molar-refractivity contribution < 1.29 is 10.9 Å². The lowest BCUT2D eigenvalue weighted by Crippen LogP contribution is -1.99. The first-order valence-electron chi connectivity index (χ1n) is 5.34. The number of ether oxygens (including phenoxy) is 1. The van der Waals surface area contributed by atoms with E-state index in [-0.39, 0.29) is 5.97 Å². The van der Waals surface area contributed by atoms with Gasteiger partial charge in [-0.1, -0.05) is 39.0 Å². The molecule has 0 aliphatic rings. The van der Waals surface area contributed by atoms with E-state index in [9.17, 15) is 4.79 Å². The van der Waals surface area contributed by atoms with Gasteiger partial charge in [-0.15, -0.1) is 0 Å². The summed E-state index contributed by atoms with van der Waals surface area (Å²) in [7, 11) is 0. The molecule has 0 aromatic carbocycles. The van der Waals surface area contributed by atoms with Gasteiger partial charge in [-0.05, 0) is 6.42 Å². The molecule has 0 amide bonds. The Bertz CT molecular complexity index is 137. The average molecular weight is 173 g/mol. The summed E-state index contributed by atoms with van der Waals surface area (Å²) >= 11 is 0. The zero-order chi connectivity index (χ0) is 10.1. The van der Waals surface area contributed by atoms with Gasteiger partial charge in [0.15, 0.2) is 0 Å². The molecule has 0 radical (unpaired) electrons. The lowest BCUT2D eigenvalue weighted by molar-refractivity contribution is -0.141. The molecule has 12 heavy (non-hydrogen) atoms. The second-order valence-electron chi connectivity index (χ2n) is 2.98. The van der Waals surface area contributed by atoms with Gasteiger partial charge >= 0.3 is 5.97 Å². The second kappa shape index (κ2) is 8.57. The normalized spacial score (nSPS) is 13.7. The zero-order valence-corrected chi connectivity index (χ0v) is 8.14. The van der Waals surface area contributed by atoms with E-state index >= 15 is 0 Å². The van der Waals surface area contributed by atoms with E-state index in [0.717, 1.165) is 12.8 Å². The van der Waals surface area contributed by atoms with E-state index in [1.54, 1.807) is 0 Å². The Kier molecular flexibility index (Phi) is 6.82. The van der Waals surface area contributed by atoms with E-state index in [4.69, 9.17) is 1.37 Å². The van der Waals surface area contributed by atoms with Crippen LogP contribution >= 0.6 is 0 Å². The Morgan fingerprint density at radius 2 is 1.83 bits per heavy atom. The lowest BCUT2D eigenvalue weighted by atomic mass is 10.1. The third-order valence-corrected chi connectivity index (χ3v) is 1.67. The van der Waals surface area contributed by atoms with Crippen LogP contribution in [0.1, 0.15) is 53.7 Å². The first-order valence-corrected chi connectivity index (χ1v) is 4.76. The first kappa shape index (κ1) is 9.56. The summed E-state index contributed by atoms with van der Waals surface area (Å²) in [5, 5.41) is 0. The molecule has 0 aliphatic carbocycles. The quantitative estimate of drug-likeness (QED) is 0.437.